The van der Waals surface area contributed by atoms with Crippen molar-refractivity contribution in [1.82, 2.24) is 9.97 Å². The molecule has 14 heavy (non-hydrogen) atoms. The summed E-state index contributed by atoms with van der Waals surface area (Å²) in [7, 11) is 0. The monoisotopic (exact) mass is 192 g/mol. The Kier molecular flexibility index (Phi) is 2.07. The van der Waals surface area contributed by atoms with Gasteiger partial charge in [0.2, 0.25) is 0 Å². The van der Waals surface area contributed by atoms with E-state index in [0.29, 0.717) is 5.92 Å². The maximum Gasteiger partial charge on any atom is 0.254 e. The number of amides is 1. The van der Waals surface area contributed by atoms with Crippen molar-refractivity contribution < 1.29 is 4.79 Å². The first-order valence-corrected chi connectivity index (χ1v) is 4.60. The van der Waals surface area contributed by atoms with E-state index in [1.807, 2.05) is 0 Å². The average molecular weight is 192 g/mol. The molecule has 1 aromatic heterocycles. The molecule has 0 unspecified atom stereocenters. The number of primary amides is 1. The summed E-state index contributed by atoms with van der Waals surface area (Å²) in [5.41, 5.74) is 10.9. The van der Waals surface area contributed by atoms with Crippen LogP contribution in [0, 0.1) is 0 Å². The molecule has 1 aromatic rings. The van der Waals surface area contributed by atoms with Crippen LogP contribution in [0.1, 0.15) is 41.4 Å². The van der Waals surface area contributed by atoms with Gasteiger partial charge in [-0.3, -0.25) is 4.79 Å². The summed E-state index contributed by atoms with van der Waals surface area (Å²) in [4.78, 5) is 19.0. The normalized spacial score (nSPS) is 16.3. The van der Waals surface area contributed by atoms with E-state index in [4.69, 9.17) is 11.5 Å². The third-order valence-electron chi connectivity index (χ3n) is 2.57. The van der Waals surface area contributed by atoms with Crippen molar-refractivity contribution in [3.63, 3.8) is 0 Å². The summed E-state index contributed by atoms with van der Waals surface area (Å²) in [5, 5.41) is 0. The van der Waals surface area contributed by atoms with Gasteiger partial charge in [0.05, 0.1) is 5.56 Å². The topological polar surface area (TPSA) is 94.9 Å². The summed E-state index contributed by atoms with van der Waals surface area (Å²) in [6.45, 7) is 0. The molecule has 0 radical (unpaired) electrons. The Morgan fingerprint density at radius 1 is 1.50 bits per heavy atom. The van der Waals surface area contributed by atoms with Crippen LogP contribution in [0.15, 0.2) is 6.20 Å². The molecule has 74 valence electrons. The van der Waals surface area contributed by atoms with Crippen LogP contribution in [0.3, 0.4) is 0 Å². The summed E-state index contributed by atoms with van der Waals surface area (Å²) in [6.07, 6.45) is 4.84. The van der Waals surface area contributed by atoms with E-state index < -0.39 is 5.91 Å². The van der Waals surface area contributed by atoms with Crippen molar-refractivity contribution in [2.24, 2.45) is 5.73 Å². The number of nitrogens with two attached hydrogens (primary N) is 2. The molecule has 1 fully saturated rings. The first-order chi connectivity index (χ1) is 6.68. The van der Waals surface area contributed by atoms with E-state index in [1.54, 1.807) is 0 Å². The highest BCUT2D eigenvalue weighted by atomic mass is 16.1. The summed E-state index contributed by atoms with van der Waals surface area (Å²) < 4.78 is 0. The second kappa shape index (κ2) is 3.25. The molecule has 0 aromatic carbocycles. The third-order valence-corrected chi connectivity index (χ3v) is 2.57. The van der Waals surface area contributed by atoms with Crippen LogP contribution in [0.4, 0.5) is 5.82 Å². The number of anilines is 1. The lowest BCUT2D eigenvalue weighted by Gasteiger charge is -2.23. The van der Waals surface area contributed by atoms with Crippen LogP contribution in [0.5, 0.6) is 0 Å². The predicted molar refractivity (Wildman–Crippen MR) is 51.6 cm³/mol. The minimum absolute atomic E-state index is 0.189. The van der Waals surface area contributed by atoms with Gasteiger partial charge >= 0.3 is 0 Å². The molecule has 1 heterocycles. The zero-order valence-corrected chi connectivity index (χ0v) is 7.73. The molecule has 0 saturated heterocycles. The van der Waals surface area contributed by atoms with E-state index >= 15 is 0 Å². The van der Waals surface area contributed by atoms with E-state index in [2.05, 4.69) is 9.97 Å². The fourth-order valence-electron chi connectivity index (χ4n) is 1.46. The minimum Gasteiger partial charge on any atom is -0.383 e. The summed E-state index contributed by atoms with van der Waals surface area (Å²) >= 11 is 0. The number of nitrogen functional groups attached to an aromatic ring is 1. The van der Waals surface area contributed by atoms with Crippen LogP contribution in [0.25, 0.3) is 0 Å². The van der Waals surface area contributed by atoms with Gasteiger partial charge in [0.25, 0.3) is 5.91 Å². The number of carbonyl (C=O) groups is 1. The number of nitrogens with zero attached hydrogens (tertiary/aromatic N) is 2. The van der Waals surface area contributed by atoms with E-state index in [0.717, 1.165) is 18.7 Å². The van der Waals surface area contributed by atoms with Gasteiger partial charge in [0, 0.05) is 12.1 Å². The van der Waals surface area contributed by atoms with Gasteiger partial charge in [-0.15, -0.1) is 0 Å². The Labute approximate surface area is 81.5 Å². The highest BCUT2D eigenvalue weighted by Gasteiger charge is 2.23. The zero-order valence-electron chi connectivity index (χ0n) is 7.73. The largest absolute Gasteiger partial charge is 0.383 e. The first kappa shape index (κ1) is 8.93. The van der Waals surface area contributed by atoms with Crippen molar-refractivity contribution in [2.75, 3.05) is 5.73 Å². The molecule has 1 aliphatic carbocycles. The molecule has 1 saturated carbocycles. The standard InChI is InChI=1S/C9H12N4O/c10-7-6(8(11)14)4-12-9(13-7)5-2-1-3-5/h4-5H,1-3H2,(H2,11,14)(H2,10,12,13). The SMILES string of the molecule is NC(=O)c1cnc(C2CCC2)nc1N. The average Bonchev–Trinajstić information content (AvgIpc) is 2.00. The maximum absolute atomic E-state index is 10.8. The third kappa shape index (κ3) is 1.41. The Morgan fingerprint density at radius 2 is 2.21 bits per heavy atom. The van der Waals surface area contributed by atoms with E-state index in [1.165, 1.54) is 12.6 Å². The minimum atomic E-state index is -0.581. The Bertz CT molecular complexity index is 373. The van der Waals surface area contributed by atoms with Crippen molar-refractivity contribution in [2.45, 2.75) is 25.2 Å². The van der Waals surface area contributed by atoms with Crippen LogP contribution < -0.4 is 11.5 Å². The van der Waals surface area contributed by atoms with Crippen molar-refractivity contribution in [1.29, 1.82) is 0 Å². The highest BCUT2D eigenvalue weighted by Crippen LogP contribution is 2.34. The Hall–Kier alpha value is -1.65. The van der Waals surface area contributed by atoms with Gasteiger partial charge in [0.1, 0.15) is 11.6 Å². The van der Waals surface area contributed by atoms with Gasteiger partial charge < -0.3 is 11.5 Å². The molecule has 1 aliphatic rings. The highest BCUT2D eigenvalue weighted by molar-refractivity contribution is 5.96. The van der Waals surface area contributed by atoms with Crippen molar-refractivity contribution in [3.05, 3.63) is 17.6 Å². The molecule has 0 atom stereocenters. The number of rotatable bonds is 2. The molecular formula is C9H12N4O. The lowest BCUT2D eigenvalue weighted by Crippen LogP contribution is -2.18. The van der Waals surface area contributed by atoms with Crippen molar-refractivity contribution in [3.8, 4) is 0 Å². The molecule has 0 bridgehead atoms. The maximum atomic E-state index is 10.8. The fourth-order valence-corrected chi connectivity index (χ4v) is 1.46. The van der Waals surface area contributed by atoms with E-state index in [9.17, 15) is 4.79 Å². The van der Waals surface area contributed by atoms with E-state index in [-0.39, 0.29) is 11.4 Å². The van der Waals surface area contributed by atoms with Crippen molar-refractivity contribution >= 4 is 11.7 Å². The molecule has 5 nitrogen and oxygen atoms in total. The first-order valence-electron chi connectivity index (χ1n) is 4.60. The van der Waals surface area contributed by atoms with Gasteiger partial charge in [0.15, 0.2) is 0 Å². The second-order valence-corrected chi connectivity index (χ2v) is 3.52. The second-order valence-electron chi connectivity index (χ2n) is 3.52. The molecule has 2 rings (SSSR count). The lowest BCUT2D eigenvalue weighted by atomic mass is 9.85. The molecule has 0 aliphatic heterocycles. The van der Waals surface area contributed by atoms with Gasteiger partial charge in [-0.1, -0.05) is 6.42 Å². The van der Waals surface area contributed by atoms with Crippen LogP contribution in [-0.2, 0) is 0 Å². The Balaban J connectivity index is 2.30. The fraction of sp³-hybridized carbons (Fsp3) is 0.444. The summed E-state index contributed by atoms with van der Waals surface area (Å²) in [5.74, 6) is 0.759. The molecule has 4 N–H and O–H groups in total. The predicted octanol–water partition coefficient (Wildman–Crippen LogP) is 0.425. The van der Waals surface area contributed by atoms with Crippen LogP contribution >= 0.6 is 0 Å². The quantitative estimate of drug-likeness (QED) is 0.710. The number of hydrogen-bond acceptors (Lipinski definition) is 4. The van der Waals surface area contributed by atoms with Gasteiger partial charge in [-0.25, -0.2) is 9.97 Å². The molecule has 5 heteroatoms. The lowest BCUT2D eigenvalue weighted by molar-refractivity contribution is 0.100. The number of carbonyl (C=O) groups excluding carboxylic acids is 1. The number of hydrogen-bond donors (Lipinski definition) is 2. The van der Waals surface area contributed by atoms with Crippen LogP contribution in [-0.4, -0.2) is 15.9 Å². The Morgan fingerprint density at radius 3 is 2.64 bits per heavy atom. The molecule has 0 spiro atoms. The smallest absolute Gasteiger partial charge is 0.254 e. The van der Waals surface area contributed by atoms with Crippen LogP contribution in [0.2, 0.25) is 0 Å². The molecule has 1 amide bonds. The molecular weight excluding hydrogens is 180 g/mol. The van der Waals surface area contributed by atoms with Gasteiger partial charge in [-0.2, -0.15) is 0 Å². The summed E-state index contributed by atoms with van der Waals surface area (Å²) in [6, 6.07) is 0. The van der Waals surface area contributed by atoms with Gasteiger partial charge in [-0.05, 0) is 12.8 Å². The number of aromatic nitrogens is 2. The zero-order chi connectivity index (χ0) is 10.1.